The molecule has 0 unspecified atom stereocenters. The Hall–Kier alpha value is -1.89. The molecule has 2 heterocycles. The van der Waals surface area contributed by atoms with Crippen molar-refractivity contribution >= 4 is 5.84 Å². The van der Waals surface area contributed by atoms with Crippen molar-refractivity contribution in [3.05, 3.63) is 18.1 Å². The number of rotatable bonds is 3. The number of nitrogens with zero attached hydrogens (tertiary/aromatic N) is 3. The van der Waals surface area contributed by atoms with E-state index in [4.69, 9.17) is 20.4 Å². The predicted molar refractivity (Wildman–Crippen MR) is 59.0 cm³/mol. The van der Waals surface area contributed by atoms with E-state index in [0.29, 0.717) is 13.2 Å². The van der Waals surface area contributed by atoms with Gasteiger partial charge in [-0.05, 0) is 0 Å². The Bertz CT molecular complexity index is 404. The molecular formula is C10H14N4O3. The minimum Gasteiger partial charge on any atom is -0.473 e. The minimum absolute atomic E-state index is 0.0330. The van der Waals surface area contributed by atoms with Crippen LogP contribution in [-0.2, 0) is 4.74 Å². The second-order valence-electron chi connectivity index (χ2n) is 3.62. The molecule has 1 aliphatic heterocycles. The highest BCUT2D eigenvalue weighted by Crippen LogP contribution is 2.18. The maximum Gasteiger partial charge on any atom is 0.244 e. The van der Waals surface area contributed by atoms with Gasteiger partial charge in [-0.3, -0.25) is 0 Å². The van der Waals surface area contributed by atoms with Gasteiger partial charge in [-0.1, -0.05) is 5.16 Å². The van der Waals surface area contributed by atoms with Crippen molar-refractivity contribution in [3.8, 4) is 5.88 Å². The predicted octanol–water partition coefficient (Wildman–Crippen LogP) is 0.129. The highest BCUT2D eigenvalue weighted by Gasteiger charge is 2.19. The summed E-state index contributed by atoms with van der Waals surface area (Å²) < 4.78 is 10.9. The number of aromatic nitrogens is 2. The van der Waals surface area contributed by atoms with Crippen LogP contribution in [0, 0.1) is 0 Å². The molecule has 0 saturated carbocycles. The summed E-state index contributed by atoms with van der Waals surface area (Å²) in [5, 5.41) is 11.5. The lowest BCUT2D eigenvalue weighted by atomic mass is 10.1. The molecule has 7 heteroatoms. The smallest absolute Gasteiger partial charge is 0.244 e. The molecule has 92 valence electrons. The van der Waals surface area contributed by atoms with Gasteiger partial charge in [0.1, 0.15) is 6.10 Å². The van der Waals surface area contributed by atoms with E-state index < -0.39 is 0 Å². The average Bonchev–Trinajstić information content (AvgIpc) is 2.40. The number of hydrogen-bond acceptors (Lipinski definition) is 6. The highest BCUT2D eigenvalue weighted by molar-refractivity contribution is 5.97. The summed E-state index contributed by atoms with van der Waals surface area (Å²) in [5.74, 6) is 0.176. The monoisotopic (exact) mass is 238 g/mol. The molecule has 0 spiro atoms. The van der Waals surface area contributed by atoms with Crippen molar-refractivity contribution in [3.63, 3.8) is 0 Å². The number of amidine groups is 1. The Morgan fingerprint density at radius 2 is 2.12 bits per heavy atom. The van der Waals surface area contributed by atoms with Crippen LogP contribution in [0.2, 0.25) is 0 Å². The maximum atomic E-state index is 8.64. The fourth-order valence-electron chi connectivity index (χ4n) is 1.59. The van der Waals surface area contributed by atoms with E-state index in [2.05, 4.69) is 15.1 Å². The Kier molecular flexibility index (Phi) is 3.71. The van der Waals surface area contributed by atoms with E-state index in [0.717, 1.165) is 12.8 Å². The third kappa shape index (κ3) is 2.82. The summed E-state index contributed by atoms with van der Waals surface area (Å²) in [6, 6.07) is 0. The molecule has 0 aliphatic carbocycles. The quantitative estimate of drug-likeness (QED) is 0.336. The molecule has 0 amide bonds. The molecule has 1 aromatic rings. The molecule has 0 radical (unpaired) electrons. The van der Waals surface area contributed by atoms with E-state index in [1.165, 1.54) is 12.4 Å². The van der Waals surface area contributed by atoms with Gasteiger partial charge in [0.25, 0.3) is 0 Å². The molecule has 1 saturated heterocycles. The molecule has 0 atom stereocenters. The van der Waals surface area contributed by atoms with Crippen LogP contribution >= 0.6 is 0 Å². The first-order valence-electron chi connectivity index (χ1n) is 5.34. The van der Waals surface area contributed by atoms with E-state index in [-0.39, 0.29) is 23.5 Å². The third-order valence-electron chi connectivity index (χ3n) is 2.46. The molecule has 3 N–H and O–H groups in total. The standard InChI is InChI=1S/C10H14N4O3/c11-9(14-15)8-10(13-4-3-12-8)17-7-1-5-16-6-2-7/h3-4,7,15H,1-2,5-6H2,(H2,11,14). The summed E-state index contributed by atoms with van der Waals surface area (Å²) in [4.78, 5) is 8.02. The van der Waals surface area contributed by atoms with Crippen molar-refractivity contribution < 1.29 is 14.7 Å². The first-order valence-corrected chi connectivity index (χ1v) is 5.34. The van der Waals surface area contributed by atoms with Gasteiger partial charge in [-0.2, -0.15) is 0 Å². The van der Waals surface area contributed by atoms with Crippen molar-refractivity contribution in [2.45, 2.75) is 18.9 Å². The summed E-state index contributed by atoms with van der Waals surface area (Å²) in [5.41, 5.74) is 5.74. The SMILES string of the molecule is NC(=NO)c1nccnc1OC1CCOCC1. The third-order valence-corrected chi connectivity index (χ3v) is 2.46. The fraction of sp³-hybridized carbons (Fsp3) is 0.500. The number of oxime groups is 1. The van der Waals surface area contributed by atoms with Crippen molar-refractivity contribution in [1.82, 2.24) is 9.97 Å². The molecule has 0 aromatic carbocycles. The zero-order valence-electron chi connectivity index (χ0n) is 9.24. The minimum atomic E-state index is -0.111. The lowest BCUT2D eigenvalue weighted by Crippen LogP contribution is -2.28. The van der Waals surface area contributed by atoms with Crippen LogP contribution in [0.5, 0.6) is 5.88 Å². The topological polar surface area (TPSA) is 103 Å². The summed E-state index contributed by atoms with van der Waals surface area (Å²) in [7, 11) is 0. The van der Waals surface area contributed by atoms with Gasteiger partial charge in [-0.15, -0.1) is 0 Å². The summed E-state index contributed by atoms with van der Waals surface area (Å²) in [6.45, 7) is 1.34. The Labute approximate surface area is 98.3 Å². The van der Waals surface area contributed by atoms with E-state index in [1.807, 2.05) is 0 Å². The molecule has 7 nitrogen and oxygen atoms in total. The van der Waals surface area contributed by atoms with Gasteiger partial charge in [0.15, 0.2) is 11.5 Å². The van der Waals surface area contributed by atoms with E-state index in [9.17, 15) is 0 Å². The molecule has 0 bridgehead atoms. The number of hydrogen-bond donors (Lipinski definition) is 2. The second-order valence-corrected chi connectivity index (χ2v) is 3.62. The fourth-order valence-corrected chi connectivity index (χ4v) is 1.59. The van der Waals surface area contributed by atoms with Crippen LogP contribution in [0.25, 0.3) is 0 Å². The normalized spacial score (nSPS) is 18.0. The molecule has 1 aliphatic rings. The zero-order chi connectivity index (χ0) is 12.1. The first kappa shape index (κ1) is 11.6. The largest absolute Gasteiger partial charge is 0.473 e. The Morgan fingerprint density at radius 1 is 1.41 bits per heavy atom. The highest BCUT2D eigenvalue weighted by atomic mass is 16.5. The van der Waals surface area contributed by atoms with Gasteiger partial charge in [0.05, 0.1) is 13.2 Å². The molecule has 2 rings (SSSR count). The van der Waals surface area contributed by atoms with Crippen LogP contribution in [0.15, 0.2) is 17.5 Å². The van der Waals surface area contributed by atoms with Gasteiger partial charge in [-0.25, -0.2) is 9.97 Å². The first-order chi connectivity index (χ1) is 8.31. The van der Waals surface area contributed by atoms with E-state index in [1.54, 1.807) is 0 Å². The summed E-state index contributed by atoms with van der Waals surface area (Å²) in [6.07, 6.45) is 4.59. The van der Waals surface area contributed by atoms with Crippen LogP contribution < -0.4 is 10.5 Å². The van der Waals surface area contributed by atoms with E-state index >= 15 is 0 Å². The molecule has 1 aromatic heterocycles. The number of nitrogens with two attached hydrogens (primary N) is 1. The Morgan fingerprint density at radius 3 is 2.82 bits per heavy atom. The van der Waals surface area contributed by atoms with Crippen LogP contribution in [0.4, 0.5) is 0 Å². The van der Waals surface area contributed by atoms with Crippen molar-refractivity contribution in [2.75, 3.05) is 13.2 Å². The van der Waals surface area contributed by atoms with Gasteiger partial charge in [0, 0.05) is 25.2 Å². The van der Waals surface area contributed by atoms with Crippen LogP contribution in [0.1, 0.15) is 18.5 Å². The second kappa shape index (κ2) is 5.44. The Balaban J connectivity index is 2.14. The van der Waals surface area contributed by atoms with Gasteiger partial charge < -0.3 is 20.4 Å². The van der Waals surface area contributed by atoms with Gasteiger partial charge in [0.2, 0.25) is 5.88 Å². The van der Waals surface area contributed by atoms with Crippen molar-refractivity contribution in [2.24, 2.45) is 10.9 Å². The zero-order valence-corrected chi connectivity index (χ0v) is 9.24. The molecular weight excluding hydrogens is 224 g/mol. The summed E-state index contributed by atoms with van der Waals surface area (Å²) >= 11 is 0. The maximum absolute atomic E-state index is 8.64. The number of ether oxygens (including phenoxy) is 2. The van der Waals surface area contributed by atoms with Crippen LogP contribution in [0.3, 0.4) is 0 Å². The van der Waals surface area contributed by atoms with Crippen LogP contribution in [-0.4, -0.2) is 40.3 Å². The lowest BCUT2D eigenvalue weighted by molar-refractivity contribution is 0.0234. The molecule has 17 heavy (non-hydrogen) atoms. The average molecular weight is 238 g/mol. The lowest BCUT2D eigenvalue weighted by Gasteiger charge is -2.23. The van der Waals surface area contributed by atoms with Gasteiger partial charge >= 0.3 is 0 Å². The molecule has 1 fully saturated rings. The van der Waals surface area contributed by atoms with Crippen molar-refractivity contribution in [1.29, 1.82) is 0 Å².